The summed E-state index contributed by atoms with van der Waals surface area (Å²) in [5, 5.41) is 13.4. The highest BCUT2D eigenvalue weighted by Gasteiger charge is 2.17. The molecule has 1 aliphatic heterocycles. The highest BCUT2D eigenvalue weighted by atomic mass is 35.5. The number of halogens is 1. The summed E-state index contributed by atoms with van der Waals surface area (Å²) >= 11 is 8.79. The molecule has 0 saturated heterocycles. The van der Waals surface area contributed by atoms with Crippen molar-refractivity contribution in [1.82, 2.24) is 20.2 Å². The Balaban J connectivity index is 1.21. The molecule has 156 valence electrons. The SMILES string of the molecule is O=C(Nc1nc(SCc2ccc(Cl)cc2)n[nH]1)c1csc(-c2ccc3c(c2)CCO3)n1. The van der Waals surface area contributed by atoms with Gasteiger partial charge in [-0.05, 0) is 41.5 Å². The summed E-state index contributed by atoms with van der Waals surface area (Å²) in [6.07, 6.45) is 0.895. The zero-order chi connectivity index (χ0) is 21.2. The first-order valence-corrected chi connectivity index (χ1v) is 11.7. The number of nitrogens with zero attached hydrogens (tertiary/aromatic N) is 3. The summed E-state index contributed by atoms with van der Waals surface area (Å²) in [5.41, 5.74) is 3.60. The van der Waals surface area contributed by atoms with E-state index in [1.54, 1.807) is 5.38 Å². The van der Waals surface area contributed by atoms with Crippen LogP contribution in [-0.2, 0) is 12.2 Å². The lowest BCUT2D eigenvalue weighted by atomic mass is 10.1. The number of benzene rings is 2. The lowest BCUT2D eigenvalue weighted by Gasteiger charge is -2.01. The molecule has 2 N–H and O–H groups in total. The van der Waals surface area contributed by atoms with Crippen molar-refractivity contribution >= 4 is 46.6 Å². The number of thioether (sulfide) groups is 1. The minimum absolute atomic E-state index is 0.285. The van der Waals surface area contributed by atoms with Gasteiger partial charge in [0, 0.05) is 28.1 Å². The number of aromatic amines is 1. The number of rotatable bonds is 6. The van der Waals surface area contributed by atoms with Crippen LogP contribution >= 0.6 is 34.7 Å². The van der Waals surface area contributed by atoms with Gasteiger partial charge in [-0.1, -0.05) is 35.5 Å². The average molecular weight is 470 g/mol. The van der Waals surface area contributed by atoms with Crippen LogP contribution in [0.1, 0.15) is 21.6 Å². The molecule has 0 bridgehead atoms. The van der Waals surface area contributed by atoms with E-state index < -0.39 is 0 Å². The van der Waals surface area contributed by atoms with Gasteiger partial charge < -0.3 is 4.74 Å². The van der Waals surface area contributed by atoms with Gasteiger partial charge in [-0.25, -0.2) is 10.1 Å². The van der Waals surface area contributed by atoms with Crippen molar-refractivity contribution in [2.45, 2.75) is 17.3 Å². The van der Waals surface area contributed by atoms with Crippen LogP contribution in [0.5, 0.6) is 5.75 Å². The number of anilines is 1. The van der Waals surface area contributed by atoms with Gasteiger partial charge in [-0.2, -0.15) is 4.98 Å². The average Bonchev–Trinajstić information content (AvgIpc) is 3.53. The molecule has 0 unspecified atom stereocenters. The minimum Gasteiger partial charge on any atom is -0.493 e. The fourth-order valence-corrected chi connectivity index (χ4v) is 4.77. The number of fused-ring (bicyclic) bond motifs is 1. The Kier molecular flexibility index (Phi) is 5.63. The zero-order valence-electron chi connectivity index (χ0n) is 16.1. The number of ether oxygens (including phenoxy) is 1. The largest absolute Gasteiger partial charge is 0.493 e. The summed E-state index contributed by atoms with van der Waals surface area (Å²) in [7, 11) is 0. The molecule has 10 heteroatoms. The highest BCUT2D eigenvalue weighted by molar-refractivity contribution is 7.98. The predicted octanol–water partition coefficient (Wildman–Crippen LogP) is 5.06. The third kappa shape index (κ3) is 4.58. The van der Waals surface area contributed by atoms with E-state index in [4.69, 9.17) is 16.3 Å². The molecule has 2 aromatic heterocycles. The van der Waals surface area contributed by atoms with Crippen molar-refractivity contribution < 1.29 is 9.53 Å². The number of thiazole rings is 1. The smallest absolute Gasteiger partial charge is 0.277 e. The lowest BCUT2D eigenvalue weighted by Crippen LogP contribution is -2.13. The molecular formula is C21H16ClN5O2S2. The van der Waals surface area contributed by atoms with Gasteiger partial charge >= 0.3 is 0 Å². The van der Waals surface area contributed by atoms with E-state index in [2.05, 4.69) is 31.5 Å². The van der Waals surface area contributed by atoms with E-state index in [9.17, 15) is 4.79 Å². The third-order valence-corrected chi connectivity index (χ3v) is 6.71. The molecule has 0 aliphatic carbocycles. The van der Waals surface area contributed by atoms with Crippen LogP contribution in [0, 0.1) is 0 Å². The number of H-pyrrole nitrogens is 1. The van der Waals surface area contributed by atoms with Gasteiger partial charge in [0.1, 0.15) is 16.5 Å². The molecule has 2 aromatic carbocycles. The monoisotopic (exact) mass is 469 g/mol. The molecule has 7 nitrogen and oxygen atoms in total. The van der Waals surface area contributed by atoms with E-state index in [0.717, 1.165) is 28.3 Å². The van der Waals surface area contributed by atoms with Crippen LogP contribution in [0.2, 0.25) is 5.02 Å². The van der Waals surface area contributed by atoms with Crippen LogP contribution in [0.3, 0.4) is 0 Å². The summed E-state index contributed by atoms with van der Waals surface area (Å²) in [6.45, 7) is 0.710. The molecule has 31 heavy (non-hydrogen) atoms. The summed E-state index contributed by atoms with van der Waals surface area (Å²) < 4.78 is 5.54. The topological polar surface area (TPSA) is 92.8 Å². The van der Waals surface area contributed by atoms with Gasteiger partial charge in [0.2, 0.25) is 11.1 Å². The Labute approximate surface area is 191 Å². The molecule has 1 aliphatic rings. The molecule has 4 aromatic rings. The minimum atomic E-state index is -0.336. The number of nitrogens with one attached hydrogen (secondary N) is 2. The number of hydrogen-bond acceptors (Lipinski definition) is 7. The molecule has 0 atom stereocenters. The summed E-state index contributed by atoms with van der Waals surface area (Å²) in [5.74, 6) is 1.57. The highest BCUT2D eigenvalue weighted by Crippen LogP contribution is 2.32. The Morgan fingerprint density at radius 1 is 1.23 bits per heavy atom. The zero-order valence-corrected chi connectivity index (χ0v) is 18.5. The maximum absolute atomic E-state index is 12.6. The van der Waals surface area contributed by atoms with Crippen LogP contribution in [0.4, 0.5) is 5.95 Å². The molecule has 0 spiro atoms. The van der Waals surface area contributed by atoms with E-state index in [0.29, 0.717) is 28.2 Å². The second-order valence-corrected chi connectivity index (χ2v) is 9.03. The van der Waals surface area contributed by atoms with Crippen molar-refractivity contribution in [3.63, 3.8) is 0 Å². The number of carbonyl (C=O) groups excluding carboxylic acids is 1. The van der Waals surface area contributed by atoms with Crippen molar-refractivity contribution in [3.8, 4) is 16.3 Å². The van der Waals surface area contributed by atoms with Gasteiger partial charge in [0.25, 0.3) is 5.91 Å². The van der Waals surface area contributed by atoms with Gasteiger partial charge in [-0.3, -0.25) is 10.1 Å². The molecule has 3 heterocycles. The summed E-state index contributed by atoms with van der Waals surface area (Å²) in [4.78, 5) is 21.4. The van der Waals surface area contributed by atoms with Crippen LogP contribution in [0.15, 0.2) is 53.0 Å². The Morgan fingerprint density at radius 2 is 2.10 bits per heavy atom. The number of hydrogen-bond donors (Lipinski definition) is 2. The first kappa shape index (κ1) is 20.0. The fraction of sp³-hybridized carbons (Fsp3) is 0.143. The van der Waals surface area contributed by atoms with Gasteiger partial charge in [-0.15, -0.1) is 16.4 Å². The van der Waals surface area contributed by atoms with Crippen LogP contribution in [-0.4, -0.2) is 32.7 Å². The third-order valence-electron chi connectivity index (χ3n) is 4.65. The van der Waals surface area contributed by atoms with Crippen molar-refractivity contribution in [3.05, 3.63) is 69.7 Å². The van der Waals surface area contributed by atoms with Crippen molar-refractivity contribution in [1.29, 1.82) is 0 Å². The van der Waals surface area contributed by atoms with E-state index in [-0.39, 0.29) is 11.9 Å². The molecule has 0 saturated carbocycles. The Hall–Kier alpha value is -2.88. The summed E-state index contributed by atoms with van der Waals surface area (Å²) in [6, 6.07) is 13.6. The number of amides is 1. The quantitative estimate of drug-likeness (QED) is 0.383. The van der Waals surface area contributed by atoms with Crippen LogP contribution in [0.25, 0.3) is 10.6 Å². The van der Waals surface area contributed by atoms with Crippen LogP contribution < -0.4 is 10.1 Å². The number of aromatic nitrogens is 4. The second kappa shape index (κ2) is 8.70. The van der Waals surface area contributed by atoms with Crippen molar-refractivity contribution in [2.75, 3.05) is 11.9 Å². The number of carbonyl (C=O) groups is 1. The maximum Gasteiger partial charge on any atom is 0.277 e. The fourth-order valence-electron chi connectivity index (χ4n) is 3.10. The first-order chi connectivity index (χ1) is 15.1. The standard InChI is InChI=1S/C21H16ClN5O2S2/c22-15-4-1-12(2-5-15)10-31-21-25-20(26-27-21)24-18(28)16-11-30-19(23-16)14-3-6-17-13(9-14)7-8-29-17/h1-6,9,11H,7-8,10H2,(H2,24,25,26,27,28). The van der Waals surface area contributed by atoms with E-state index >= 15 is 0 Å². The molecule has 1 amide bonds. The van der Waals surface area contributed by atoms with E-state index in [1.807, 2.05) is 36.4 Å². The maximum atomic E-state index is 12.6. The molecule has 5 rings (SSSR count). The Morgan fingerprint density at radius 3 is 2.97 bits per heavy atom. The van der Waals surface area contributed by atoms with Crippen molar-refractivity contribution in [2.24, 2.45) is 0 Å². The van der Waals surface area contributed by atoms with Gasteiger partial charge in [0.05, 0.1) is 6.61 Å². The van der Waals surface area contributed by atoms with E-state index in [1.165, 1.54) is 28.7 Å². The normalized spacial score (nSPS) is 12.4. The Bertz CT molecular complexity index is 1240. The molecule has 0 fully saturated rings. The first-order valence-electron chi connectivity index (χ1n) is 9.47. The lowest BCUT2D eigenvalue weighted by molar-refractivity contribution is 0.102. The van der Waals surface area contributed by atoms with Gasteiger partial charge in [0.15, 0.2) is 0 Å². The second-order valence-electron chi connectivity index (χ2n) is 6.79. The predicted molar refractivity (Wildman–Crippen MR) is 122 cm³/mol. The molecular weight excluding hydrogens is 454 g/mol. The molecule has 0 radical (unpaired) electrons.